The lowest BCUT2D eigenvalue weighted by Gasteiger charge is -2.14. The summed E-state index contributed by atoms with van der Waals surface area (Å²) in [5.41, 5.74) is -0.0497. The summed E-state index contributed by atoms with van der Waals surface area (Å²) in [6.07, 6.45) is -2.37. The molecular formula is C19H12F3N5O2. The third kappa shape index (κ3) is 3.86. The Kier molecular flexibility index (Phi) is 4.59. The van der Waals surface area contributed by atoms with E-state index in [0.29, 0.717) is 5.69 Å². The monoisotopic (exact) mass is 399 g/mol. The van der Waals surface area contributed by atoms with Crippen LogP contribution in [0.3, 0.4) is 0 Å². The van der Waals surface area contributed by atoms with Crippen LogP contribution in [0.25, 0.3) is 16.9 Å². The van der Waals surface area contributed by atoms with E-state index in [4.69, 9.17) is 4.52 Å². The summed E-state index contributed by atoms with van der Waals surface area (Å²) in [5, 5.41) is 9.93. The van der Waals surface area contributed by atoms with Gasteiger partial charge in [0.05, 0.1) is 11.3 Å². The smallest absolute Gasteiger partial charge is 0.350 e. The third-order valence-electron chi connectivity index (χ3n) is 4.03. The molecule has 2 aromatic heterocycles. The summed E-state index contributed by atoms with van der Waals surface area (Å²) in [7, 11) is 0. The van der Waals surface area contributed by atoms with E-state index in [9.17, 15) is 18.0 Å². The molecule has 7 nitrogen and oxygen atoms in total. The molecule has 0 atom stereocenters. The van der Waals surface area contributed by atoms with Crippen molar-refractivity contribution in [2.45, 2.75) is 6.18 Å². The molecule has 0 aliphatic rings. The van der Waals surface area contributed by atoms with Gasteiger partial charge in [-0.15, -0.1) is 0 Å². The fraction of sp³-hybridized carbons (Fsp3) is 0.0526. The lowest BCUT2D eigenvalue weighted by atomic mass is 10.1. The zero-order valence-electron chi connectivity index (χ0n) is 14.6. The molecular weight excluding hydrogens is 387 g/mol. The highest BCUT2D eigenvalue weighted by Crippen LogP contribution is 2.35. The summed E-state index contributed by atoms with van der Waals surface area (Å²) in [6.45, 7) is 0. The van der Waals surface area contributed by atoms with Crippen LogP contribution in [0, 0.1) is 0 Å². The number of aromatic nitrogens is 4. The van der Waals surface area contributed by atoms with Crippen LogP contribution in [-0.2, 0) is 6.18 Å². The van der Waals surface area contributed by atoms with Gasteiger partial charge in [0.1, 0.15) is 18.3 Å². The molecule has 0 spiro atoms. The van der Waals surface area contributed by atoms with E-state index in [0.717, 1.165) is 29.0 Å². The number of nitrogens with zero attached hydrogens (tertiary/aromatic N) is 4. The van der Waals surface area contributed by atoms with E-state index < -0.39 is 17.6 Å². The molecule has 0 unspecified atom stereocenters. The SMILES string of the molecule is O=C(Nc1ccc(-n2cncn2)c(C(F)(F)F)c1)c1cc(-c2ccccc2)no1. The van der Waals surface area contributed by atoms with Crippen molar-refractivity contribution < 1.29 is 22.5 Å². The van der Waals surface area contributed by atoms with Crippen molar-refractivity contribution in [1.29, 1.82) is 0 Å². The molecule has 29 heavy (non-hydrogen) atoms. The number of hydrogen-bond acceptors (Lipinski definition) is 5. The standard InChI is InChI=1S/C19H12F3N5O2/c20-19(21,22)14-8-13(6-7-16(14)27-11-23-10-24-27)25-18(28)17-9-15(26-29-17)12-4-2-1-3-5-12/h1-11H,(H,25,28). The topological polar surface area (TPSA) is 85.8 Å². The number of alkyl halides is 3. The second-order valence-corrected chi connectivity index (χ2v) is 5.97. The van der Waals surface area contributed by atoms with Crippen LogP contribution in [0.5, 0.6) is 0 Å². The number of amides is 1. The van der Waals surface area contributed by atoms with Gasteiger partial charge < -0.3 is 9.84 Å². The predicted molar refractivity (Wildman–Crippen MR) is 96.3 cm³/mol. The average molecular weight is 399 g/mol. The second-order valence-electron chi connectivity index (χ2n) is 5.97. The van der Waals surface area contributed by atoms with Crippen LogP contribution in [0.15, 0.2) is 71.8 Å². The van der Waals surface area contributed by atoms with E-state index in [2.05, 4.69) is 20.6 Å². The Bertz CT molecular complexity index is 1140. The zero-order chi connectivity index (χ0) is 20.4. The van der Waals surface area contributed by atoms with Crippen LogP contribution in [0.4, 0.5) is 18.9 Å². The van der Waals surface area contributed by atoms with Crippen LogP contribution >= 0.6 is 0 Å². The maximum atomic E-state index is 13.5. The lowest BCUT2D eigenvalue weighted by molar-refractivity contribution is -0.137. The molecule has 4 rings (SSSR count). The van der Waals surface area contributed by atoms with Crippen molar-refractivity contribution in [2.24, 2.45) is 0 Å². The summed E-state index contributed by atoms with van der Waals surface area (Å²) in [5.74, 6) is -0.848. The Morgan fingerprint density at radius 3 is 2.55 bits per heavy atom. The highest BCUT2D eigenvalue weighted by atomic mass is 19.4. The Balaban J connectivity index is 1.60. The molecule has 0 aliphatic heterocycles. The van der Waals surface area contributed by atoms with Crippen molar-refractivity contribution in [1.82, 2.24) is 19.9 Å². The largest absolute Gasteiger partial charge is 0.418 e. The van der Waals surface area contributed by atoms with E-state index in [1.165, 1.54) is 18.2 Å². The van der Waals surface area contributed by atoms with Gasteiger partial charge >= 0.3 is 6.18 Å². The molecule has 0 bridgehead atoms. The molecule has 2 aromatic carbocycles. The highest BCUT2D eigenvalue weighted by molar-refractivity contribution is 6.02. The quantitative estimate of drug-likeness (QED) is 0.556. The van der Waals surface area contributed by atoms with Crippen LogP contribution in [0.1, 0.15) is 16.1 Å². The first-order valence-corrected chi connectivity index (χ1v) is 8.31. The van der Waals surface area contributed by atoms with Gasteiger partial charge in [-0.2, -0.15) is 18.3 Å². The number of nitrogens with one attached hydrogen (secondary N) is 1. The number of carbonyl (C=O) groups excluding carboxylic acids is 1. The van der Waals surface area contributed by atoms with E-state index in [1.807, 2.05) is 6.07 Å². The van der Waals surface area contributed by atoms with Gasteiger partial charge in [-0.3, -0.25) is 4.79 Å². The molecule has 1 N–H and O–H groups in total. The Labute approximate surface area is 161 Å². The van der Waals surface area contributed by atoms with Gasteiger partial charge in [-0.05, 0) is 18.2 Å². The van der Waals surface area contributed by atoms with E-state index in [1.54, 1.807) is 24.3 Å². The van der Waals surface area contributed by atoms with Crippen molar-refractivity contribution >= 4 is 11.6 Å². The number of rotatable bonds is 4. The normalized spacial score (nSPS) is 11.4. The lowest BCUT2D eigenvalue weighted by Crippen LogP contribution is -2.15. The Morgan fingerprint density at radius 1 is 1.07 bits per heavy atom. The summed E-state index contributed by atoms with van der Waals surface area (Å²) >= 11 is 0. The molecule has 10 heteroatoms. The van der Waals surface area contributed by atoms with Gasteiger partial charge in [0.25, 0.3) is 5.91 Å². The number of anilines is 1. The number of halogens is 3. The highest BCUT2D eigenvalue weighted by Gasteiger charge is 2.35. The van der Waals surface area contributed by atoms with Crippen LogP contribution < -0.4 is 5.32 Å². The van der Waals surface area contributed by atoms with Gasteiger partial charge in [-0.25, -0.2) is 9.67 Å². The van der Waals surface area contributed by atoms with Gasteiger partial charge in [-0.1, -0.05) is 35.5 Å². The van der Waals surface area contributed by atoms with Crippen molar-refractivity contribution in [2.75, 3.05) is 5.32 Å². The maximum absolute atomic E-state index is 13.5. The average Bonchev–Trinajstić information content (AvgIpc) is 3.40. The first-order valence-electron chi connectivity index (χ1n) is 8.31. The van der Waals surface area contributed by atoms with Gasteiger partial charge in [0.15, 0.2) is 0 Å². The molecule has 0 saturated carbocycles. The number of carbonyl (C=O) groups is 1. The summed E-state index contributed by atoms with van der Waals surface area (Å²) < 4.78 is 46.4. The fourth-order valence-electron chi connectivity index (χ4n) is 2.69. The van der Waals surface area contributed by atoms with Crippen molar-refractivity contribution in [3.05, 3.63) is 78.6 Å². The van der Waals surface area contributed by atoms with Gasteiger partial charge in [0.2, 0.25) is 5.76 Å². The second kappa shape index (κ2) is 7.23. The predicted octanol–water partition coefficient (Wildman–Crippen LogP) is 4.19. The van der Waals surface area contributed by atoms with Crippen LogP contribution in [-0.4, -0.2) is 25.8 Å². The van der Waals surface area contributed by atoms with Gasteiger partial charge in [0, 0.05) is 17.3 Å². The summed E-state index contributed by atoms with van der Waals surface area (Å²) in [4.78, 5) is 16.0. The first-order chi connectivity index (χ1) is 13.9. The molecule has 4 aromatic rings. The van der Waals surface area contributed by atoms with E-state index >= 15 is 0 Å². The number of hydrogen-bond donors (Lipinski definition) is 1. The minimum atomic E-state index is -4.66. The molecule has 2 heterocycles. The Hall–Kier alpha value is -3.95. The number of benzene rings is 2. The molecule has 0 fully saturated rings. The molecule has 0 saturated heterocycles. The van der Waals surface area contributed by atoms with E-state index in [-0.39, 0.29) is 17.1 Å². The first kappa shape index (κ1) is 18.4. The fourth-order valence-corrected chi connectivity index (χ4v) is 2.69. The maximum Gasteiger partial charge on any atom is 0.418 e. The minimum absolute atomic E-state index is 0.0520. The molecule has 146 valence electrons. The summed E-state index contributed by atoms with van der Waals surface area (Å²) in [6, 6.07) is 13.8. The Morgan fingerprint density at radius 2 is 1.86 bits per heavy atom. The minimum Gasteiger partial charge on any atom is -0.350 e. The molecule has 0 radical (unpaired) electrons. The molecule has 0 aliphatic carbocycles. The van der Waals surface area contributed by atoms with Crippen molar-refractivity contribution in [3.63, 3.8) is 0 Å². The zero-order valence-corrected chi connectivity index (χ0v) is 14.6. The third-order valence-corrected chi connectivity index (χ3v) is 4.03. The van der Waals surface area contributed by atoms with Crippen molar-refractivity contribution in [3.8, 4) is 16.9 Å². The van der Waals surface area contributed by atoms with Crippen LogP contribution in [0.2, 0.25) is 0 Å². The molecule has 1 amide bonds.